The maximum Gasteiger partial charge on any atom is 0.313 e. The predicted octanol–water partition coefficient (Wildman–Crippen LogP) is 1.41. The van der Waals surface area contributed by atoms with Gasteiger partial charge in [-0.2, -0.15) is 0 Å². The number of halogens is 1. The molecule has 0 bridgehead atoms. The van der Waals surface area contributed by atoms with Gasteiger partial charge in [0.2, 0.25) is 0 Å². The third kappa shape index (κ3) is 3.49. The molecule has 0 atom stereocenters. The van der Waals surface area contributed by atoms with E-state index in [2.05, 4.69) is 10.6 Å². The predicted molar refractivity (Wildman–Crippen MR) is 78.9 cm³/mol. The normalized spacial score (nSPS) is 15.6. The maximum absolute atomic E-state index is 12.1. The van der Waals surface area contributed by atoms with E-state index in [0.717, 1.165) is 18.5 Å². The largest absolute Gasteiger partial charge is 0.333 e. The van der Waals surface area contributed by atoms with Crippen molar-refractivity contribution in [2.45, 2.75) is 13.3 Å². The van der Waals surface area contributed by atoms with Crippen LogP contribution < -0.4 is 10.6 Å². The second-order valence-electron chi connectivity index (χ2n) is 4.78. The highest BCUT2D eigenvalue weighted by Crippen LogP contribution is 2.25. The molecule has 1 aromatic rings. The highest BCUT2D eigenvalue weighted by Gasteiger charge is 2.23. The molecule has 1 fully saturated rings. The Morgan fingerprint density at radius 2 is 2.10 bits per heavy atom. The van der Waals surface area contributed by atoms with Crippen LogP contribution in [0.15, 0.2) is 18.2 Å². The summed E-state index contributed by atoms with van der Waals surface area (Å²) in [4.78, 5) is 25.7. The van der Waals surface area contributed by atoms with E-state index in [4.69, 9.17) is 11.6 Å². The summed E-state index contributed by atoms with van der Waals surface area (Å²) in [5.41, 5.74) is 1.33. The third-order valence-corrected chi connectivity index (χ3v) is 3.60. The smallest absolute Gasteiger partial charge is 0.313 e. The number of aryl methyl sites for hydroxylation is 1. The topological polar surface area (TPSA) is 61.4 Å². The van der Waals surface area contributed by atoms with Gasteiger partial charge in [0, 0.05) is 19.6 Å². The Morgan fingerprint density at radius 1 is 1.30 bits per heavy atom. The molecule has 0 saturated carbocycles. The van der Waals surface area contributed by atoms with Crippen molar-refractivity contribution in [3.05, 3.63) is 28.8 Å². The maximum atomic E-state index is 12.1. The number of nitrogens with zero attached hydrogens (tertiary/aromatic N) is 1. The molecule has 1 aliphatic rings. The van der Waals surface area contributed by atoms with Crippen LogP contribution in [-0.2, 0) is 9.59 Å². The zero-order valence-corrected chi connectivity index (χ0v) is 12.2. The summed E-state index contributed by atoms with van der Waals surface area (Å²) in [6.07, 6.45) is 0.851. The van der Waals surface area contributed by atoms with Crippen molar-refractivity contribution < 1.29 is 9.59 Å². The van der Waals surface area contributed by atoms with Crippen molar-refractivity contribution in [1.29, 1.82) is 0 Å². The molecule has 6 heteroatoms. The Labute approximate surface area is 123 Å². The van der Waals surface area contributed by atoms with E-state index >= 15 is 0 Å². The summed E-state index contributed by atoms with van der Waals surface area (Å²) in [6, 6.07) is 5.32. The van der Waals surface area contributed by atoms with Crippen LogP contribution in [0.2, 0.25) is 5.02 Å². The van der Waals surface area contributed by atoms with E-state index in [1.165, 1.54) is 0 Å². The number of hydrogen-bond acceptors (Lipinski definition) is 3. The van der Waals surface area contributed by atoms with E-state index in [1.807, 2.05) is 13.0 Å². The summed E-state index contributed by atoms with van der Waals surface area (Å²) in [5, 5.41) is 6.24. The number of anilines is 1. The van der Waals surface area contributed by atoms with E-state index in [-0.39, 0.29) is 0 Å². The van der Waals surface area contributed by atoms with Crippen LogP contribution in [0.3, 0.4) is 0 Å². The lowest BCUT2D eigenvalue weighted by atomic mass is 10.2. The summed E-state index contributed by atoms with van der Waals surface area (Å²) in [7, 11) is 0. The number of carbonyl (C=O) groups is 2. The zero-order valence-electron chi connectivity index (χ0n) is 11.4. The van der Waals surface area contributed by atoms with Gasteiger partial charge in [-0.1, -0.05) is 23.7 Å². The second kappa shape index (κ2) is 6.72. The van der Waals surface area contributed by atoms with E-state index in [1.54, 1.807) is 17.0 Å². The molecule has 2 amide bonds. The molecule has 0 radical (unpaired) electrons. The van der Waals surface area contributed by atoms with Crippen LogP contribution in [0.1, 0.15) is 12.0 Å². The zero-order chi connectivity index (χ0) is 14.5. The number of benzene rings is 1. The molecule has 0 aliphatic carbocycles. The first kappa shape index (κ1) is 14.8. The molecular weight excluding hydrogens is 278 g/mol. The minimum atomic E-state index is -0.636. The van der Waals surface area contributed by atoms with Gasteiger partial charge in [0.15, 0.2) is 0 Å². The third-order valence-electron chi connectivity index (χ3n) is 3.28. The van der Waals surface area contributed by atoms with Gasteiger partial charge >= 0.3 is 11.8 Å². The van der Waals surface area contributed by atoms with Crippen molar-refractivity contribution in [2.75, 3.05) is 31.5 Å². The molecule has 1 saturated heterocycles. The molecule has 1 aromatic carbocycles. The number of nitrogens with one attached hydrogen (secondary N) is 2. The Kier molecular flexibility index (Phi) is 4.98. The number of carbonyl (C=O) groups excluding carboxylic acids is 2. The van der Waals surface area contributed by atoms with Crippen molar-refractivity contribution in [2.24, 2.45) is 0 Å². The van der Waals surface area contributed by atoms with Crippen molar-refractivity contribution in [1.82, 2.24) is 10.2 Å². The summed E-state index contributed by atoms with van der Waals surface area (Å²) in [5.74, 6) is -1.14. The van der Waals surface area contributed by atoms with Crippen LogP contribution in [0.4, 0.5) is 5.69 Å². The average Bonchev–Trinajstić information content (AvgIpc) is 2.71. The molecule has 0 aromatic heterocycles. The van der Waals surface area contributed by atoms with Gasteiger partial charge < -0.3 is 15.5 Å². The highest BCUT2D eigenvalue weighted by molar-refractivity contribution is 6.41. The van der Waals surface area contributed by atoms with Gasteiger partial charge in [0.05, 0.1) is 10.7 Å². The van der Waals surface area contributed by atoms with Gasteiger partial charge in [0.25, 0.3) is 0 Å². The molecule has 1 aliphatic heterocycles. The van der Waals surface area contributed by atoms with Crippen molar-refractivity contribution in [3.8, 4) is 0 Å². The Bertz CT molecular complexity index is 491. The molecule has 0 spiro atoms. The lowest BCUT2D eigenvalue weighted by Crippen LogP contribution is -2.41. The molecule has 1 heterocycles. The van der Waals surface area contributed by atoms with Crippen LogP contribution >= 0.6 is 11.6 Å². The second-order valence-corrected chi connectivity index (χ2v) is 5.19. The Morgan fingerprint density at radius 3 is 2.85 bits per heavy atom. The lowest BCUT2D eigenvalue weighted by molar-refractivity contribution is -0.143. The number of rotatable bonds is 1. The summed E-state index contributed by atoms with van der Waals surface area (Å²) < 4.78 is 0. The Hall–Kier alpha value is -1.59. The molecule has 5 nitrogen and oxygen atoms in total. The molecule has 20 heavy (non-hydrogen) atoms. The van der Waals surface area contributed by atoms with Crippen LogP contribution in [0, 0.1) is 6.92 Å². The first-order valence-corrected chi connectivity index (χ1v) is 7.03. The molecule has 0 unspecified atom stereocenters. The quantitative estimate of drug-likeness (QED) is 0.770. The van der Waals surface area contributed by atoms with Gasteiger partial charge in [0.1, 0.15) is 0 Å². The highest BCUT2D eigenvalue weighted by atomic mass is 35.5. The fraction of sp³-hybridized carbons (Fsp3) is 0.429. The van der Waals surface area contributed by atoms with Gasteiger partial charge in [-0.15, -0.1) is 0 Å². The first-order chi connectivity index (χ1) is 9.59. The Balaban J connectivity index is 2.05. The SMILES string of the molecule is Cc1cccc(Cl)c1NC(=O)C(=O)N1CCCNCC1. The first-order valence-electron chi connectivity index (χ1n) is 6.65. The minimum Gasteiger partial charge on any atom is -0.333 e. The number of para-hydroxylation sites is 1. The number of hydrogen-bond donors (Lipinski definition) is 2. The van der Waals surface area contributed by atoms with Crippen LogP contribution in [0.25, 0.3) is 0 Å². The van der Waals surface area contributed by atoms with Crippen molar-refractivity contribution >= 4 is 29.1 Å². The lowest BCUT2D eigenvalue weighted by Gasteiger charge is -2.19. The molecule has 2 rings (SSSR count). The van der Waals surface area contributed by atoms with Crippen LogP contribution in [-0.4, -0.2) is 42.9 Å². The summed E-state index contributed by atoms with van der Waals surface area (Å²) in [6.45, 7) is 4.56. The van der Waals surface area contributed by atoms with Gasteiger partial charge in [-0.05, 0) is 31.5 Å². The van der Waals surface area contributed by atoms with E-state index in [0.29, 0.717) is 30.3 Å². The minimum absolute atomic E-state index is 0.434. The van der Waals surface area contributed by atoms with Gasteiger partial charge in [-0.3, -0.25) is 9.59 Å². The molecule has 2 N–H and O–H groups in total. The van der Waals surface area contributed by atoms with E-state index < -0.39 is 11.8 Å². The fourth-order valence-corrected chi connectivity index (χ4v) is 2.42. The monoisotopic (exact) mass is 295 g/mol. The number of amides is 2. The molecular formula is C14H18ClN3O2. The summed E-state index contributed by atoms with van der Waals surface area (Å²) >= 11 is 6.04. The average molecular weight is 296 g/mol. The van der Waals surface area contributed by atoms with Gasteiger partial charge in [-0.25, -0.2) is 0 Å². The van der Waals surface area contributed by atoms with Crippen LogP contribution in [0.5, 0.6) is 0 Å². The van der Waals surface area contributed by atoms with E-state index in [9.17, 15) is 9.59 Å². The van der Waals surface area contributed by atoms with Crippen molar-refractivity contribution in [3.63, 3.8) is 0 Å². The molecule has 108 valence electrons. The fourth-order valence-electron chi connectivity index (χ4n) is 2.15. The standard InChI is InChI=1S/C14H18ClN3O2/c1-10-4-2-5-11(15)12(10)17-13(19)14(20)18-8-3-6-16-7-9-18/h2,4-5,16H,3,6-9H2,1H3,(H,17,19).